The minimum Gasteiger partial charge on any atom is -0.377 e. The van der Waals surface area contributed by atoms with E-state index in [9.17, 15) is 8.42 Å². The van der Waals surface area contributed by atoms with Crippen LogP contribution in [0.1, 0.15) is 24.2 Å². The van der Waals surface area contributed by atoms with Crippen molar-refractivity contribution in [3.8, 4) is 0 Å². The molecule has 0 aliphatic carbocycles. The van der Waals surface area contributed by atoms with Crippen molar-refractivity contribution in [2.75, 3.05) is 12.4 Å². The highest BCUT2D eigenvalue weighted by Crippen LogP contribution is 2.24. The smallest absolute Gasteiger partial charge is 0.240 e. The normalized spacial score (nSPS) is 13.1. The molecule has 2 N–H and O–H groups in total. The van der Waals surface area contributed by atoms with Gasteiger partial charge in [-0.3, -0.25) is 4.68 Å². The Hall–Kier alpha value is -1.86. The minimum absolute atomic E-state index is 0.0174. The van der Waals surface area contributed by atoms with Gasteiger partial charge >= 0.3 is 0 Å². The van der Waals surface area contributed by atoms with Crippen molar-refractivity contribution in [1.29, 1.82) is 0 Å². The van der Waals surface area contributed by atoms with E-state index >= 15 is 0 Å². The predicted octanol–water partition coefficient (Wildman–Crippen LogP) is 1.81. The summed E-state index contributed by atoms with van der Waals surface area (Å²) in [6, 6.07) is 6.99. The monoisotopic (exact) mass is 308 g/mol. The first-order valence-corrected chi connectivity index (χ1v) is 8.12. The number of anilines is 1. The molecule has 0 amide bonds. The zero-order chi connectivity index (χ0) is 15.6. The van der Waals surface area contributed by atoms with Crippen LogP contribution in [0.15, 0.2) is 35.4 Å². The van der Waals surface area contributed by atoms with Gasteiger partial charge in [-0.05, 0) is 44.7 Å². The van der Waals surface area contributed by atoms with Gasteiger partial charge in [0.05, 0.1) is 16.6 Å². The van der Waals surface area contributed by atoms with Crippen molar-refractivity contribution in [3.05, 3.63) is 41.7 Å². The topological polar surface area (TPSA) is 76.0 Å². The second kappa shape index (κ2) is 5.87. The molecule has 7 heteroatoms. The molecule has 0 fully saturated rings. The van der Waals surface area contributed by atoms with E-state index in [1.54, 1.807) is 29.1 Å². The van der Waals surface area contributed by atoms with Gasteiger partial charge in [0.1, 0.15) is 0 Å². The van der Waals surface area contributed by atoms with Gasteiger partial charge in [0.15, 0.2) is 0 Å². The number of aryl methyl sites for hydroxylation is 2. The van der Waals surface area contributed by atoms with Gasteiger partial charge in [-0.25, -0.2) is 13.1 Å². The number of sulfonamides is 1. The predicted molar refractivity (Wildman–Crippen MR) is 82.7 cm³/mol. The first kappa shape index (κ1) is 15.5. The molecule has 114 valence electrons. The van der Waals surface area contributed by atoms with E-state index in [0.717, 1.165) is 16.9 Å². The lowest BCUT2D eigenvalue weighted by molar-refractivity contribution is 0.588. The van der Waals surface area contributed by atoms with Crippen LogP contribution in [0.2, 0.25) is 0 Å². The van der Waals surface area contributed by atoms with Crippen LogP contribution in [-0.2, 0) is 17.1 Å². The van der Waals surface area contributed by atoms with Crippen LogP contribution in [0, 0.1) is 6.92 Å². The molecule has 1 unspecified atom stereocenters. The second-order valence-electron chi connectivity index (χ2n) is 4.93. The van der Waals surface area contributed by atoms with Crippen molar-refractivity contribution >= 4 is 15.7 Å². The number of hydrogen-bond acceptors (Lipinski definition) is 4. The summed E-state index contributed by atoms with van der Waals surface area (Å²) in [7, 11) is -0.162. The zero-order valence-corrected chi connectivity index (χ0v) is 13.4. The first-order chi connectivity index (χ1) is 9.85. The molecule has 21 heavy (non-hydrogen) atoms. The Labute approximate surface area is 125 Å². The van der Waals surface area contributed by atoms with Crippen molar-refractivity contribution < 1.29 is 8.42 Å². The lowest BCUT2D eigenvalue weighted by Gasteiger charge is -2.18. The molecule has 0 aliphatic rings. The molecule has 2 rings (SSSR count). The van der Waals surface area contributed by atoms with Crippen molar-refractivity contribution in [1.82, 2.24) is 14.5 Å². The Morgan fingerprint density at radius 3 is 2.57 bits per heavy atom. The number of nitrogens with one attached hydrogen (secondary N) is 2. The fraction of sp³-hybridized carbons (Fsp3) is 0.357. The summed E-state index contributed by atoms with van der Waals surface area (Å²) < 4.78 is 27.9. The number of hydrogen-bond donors (Lipinski definition) is 2. The van der Waals surface area contributed by atoms with Crippen molar-refractivity contribution in [2.45, 2.75) is 24.8 Å². The third kappa shape index (κ3) is 3.25. The summed E-state index contributed by atoms with van der Waals surface area (Å²) in [5, 5.41) is 7.48. The summed E-state index contributed by atoms with van der Waals surface area (Å²) in [6.45, 7) is 3.95. The van der Waals surface area contributed by atoms with Crippen LogP contribution in [0.25, 0.3) is 0 Å². The SMILES string of the molecule is CNS(=O)(=O)c1ccc(C)c(NC(C)c2ccnn2C)c1. The highest BCUT2D eigenvalue weighted by molar-refractivity contribution is 7.89. The molecule has 1 aromatic carbocycles. The highest BCUT2D eigenvalue weighted by Gasteiger charge is 2.15. The summed E-state index contributed by atoms with van der Waals surface area (Å²) in [5.74, 6) is 0. The van der Waals surface area contributed by atoms with Gasteiger partial charge in [-0.1, -0.05) is 6.07 Å². The van der Waals surface area contributed by atoms with Gasteiger partial charge in [-0.2, -0.15) is 5.10 Å². The highest BCUT2D eigenvalue weighted by atomic mass is 32.2. The van der Waals surface area contributed by atoms with Crippen LogP contribution in [0.5, 0.6) is 0 Å². The fourth-order valence-corrected chi connectivity index (χ4v) is 2.91. The van der Waals surface area contributed by atoms with Crippen LogP contribution in [0.3, 0.4) is 0 Å². The first-order valence-electron chi connectivity index (χ1n) is 6.64. The Kier molecular flexibility index (Phi) is 4.34. The van der Waals surface area contributed by atoms with E-state index in [1.165, 1.54) is 7.05 Å². The Morgan fingerprint density at radius 1 is 1.29 bits per heavy atom. The molecule has 6 nitrogen and oxygen atoms in total. The van der Waals surface area contributed by atoms with Gasteiger partial charge in [-0.15, -0.1) is 0 Å². The fourth-order valence-electron chi connectivity index (χ4n) is 2.16. The Balaban J connectivity index is 2.32. The number of nitrogens with zero attached hydrogens (tertiary/aromatic N) is 2. The van der Waals surface area contributed by atoms with E-state index in [2.05, 4.69) is 15.1 Å². The van der Waals surface area contributed by atoms with Crippen LogP contribution >= 0.6 is 0 Å². The van der Waals surface area contributed by atoms with E-state index in [4.69, 9.17) is 0 Å². The zero-order valence-electron chi connectivity index (χ0n) is 12.6. The Bertz CT molecular complexity index is 737. The summed E-state index contributed by atoms with van der Waals surface area (Å²) >= 11 is 0. The summed E-state index contributed by atoms with van der Waals surface area (Å²) in [5.41, 5.74) is 2.80. The summed E-state index contributed by atoms with van der Waals surface area (Å²) in [4.78, 5) is 0.246. The lowest BCUT2D eigenvalue weighted by Crippen LogP contribution is -2.19. The summed E-state index contributed by atoms with van der Waals surface area (Å²) in [6.07, 6.45) is 1.74. The molecule has 0 saturated carbocycles. The maximum atomic E-state index is 11.9. The van der Waals surface area contributed by atoms with Crippen LogP contribution in [0.4, 0.5) is 5.69 Å². The minimum atomic E-state index is -3.44. The molecular weight excluding hydrogens is 288 g/mol. The van der Waals surface area contributed by atoms with Crippen molar-refractivity contribution in [3.63, 3.8) is 0 Å². The van der Waals surface area contributed by atoms with Crippen LogP contribution in [-0.4, -0.2) is 25.2 Å². The number of rotatable bonds is 5. The standard InChI is InChI=1S/C14H20N4O2S/c1-10-5-6-12(21(19,20)15-3)9-13(10)17-11(2)14-7-8-16-18(14)4/h5-9,11,15,17H,1-4H3. The second-order valence-corrected chi connectivity index (χ2v) is 6.82. The van der Waals surface area contributed by atoms with Gasteiger partial charge in [0, 0.05) is 18.9 Å². The molecule has 0 radical (unpaired) electrons. The molecule has 0 bridgehead atoms. The van der Waals surface area contributed by atoms with Gasteiger partial charge in [0.2, 0.25) is 10.0 Å². The van der Waals surface area contributed by atoms with Gasteiger partial charge < -0.3 is 5.32 Å². The van der Waals surface area contributed by atoms with E-state index in [1.807, 2.05) is 27.0 Å². The molecule has 0 aliphatic heterocycles. The maximum Gasteiger partial charge on any atom is 0.240 e. The molecule has 1 heterocycles. The van der Waals surface area contributed by atoms with E-state index in [-0.39, 0.29) is 10.9 Å². The molecular formula is C14H20N4O2S. The average Bonchev–Trinajstić information content (AvgIpc) is 2.87. The third-order valence-electron chi connectivity index (χ3n) is 3.46. The molecule has 2 aromatic rings. The molecule has 1 atom stereocenters. The Morgan fingerprint density at radius 2 is 2.00 bits per heavy atom. The molecule has 0 saturated heterocycles. The number of aromatic nitrogens is 2. The quantitative estimate of drug-likeness (QED) is 0.883. The van der Waals surface area contributed by atoms with Gasteiger partial charge in [0.25, 0.3) is 0 Å². The average molecular weight is 308 g/mol. The number of benzene rings is 1. The largest absolute Gasteiger partial charge is 0.377 e. The van der Waals surface area contributed by atoms with Crippen LogP contribution < -0.4 is 10.0 Å². The molecule has 0 spiro atoms. The maximum absolute atomic E-state index is 11.9. The molecule has 1 aromatic heterocycles. The third-order valence-corrected chi connectivity index (χ3v) is 4.87. The van der Waals surface area contributed by atoms with Crippen molar-refractivity contribution in [2.24, 2.45) is 7.05 Å². The van der Waals surface area contributed by atoms with E-state index < -0.39 is 10.0 Å². The van der Waals surface area contributed by atoms with E-state index in [0.29, 0.717) is 0 Å². The lowest BCUT2D eigenvalue weighted by atomic mass is 10.1.